The Morgan fingerprint density at radius 2 is 2.31 bits per heavy atom. The van der Waals surface area contributed by atoms with Crippen molar-refractivity contribution in [3.63, 3.8) is 0 Å². The summed E-state index contributed by atoms with van der Waals surface area (Å²) >= 11 is 1.30. The second kappa shape index (κ2) is 3.14. The van der Waals surface area contributed by atoms with Crippen LogP contribution in [0.15, 0.2) is 5.38 Å². The van der Waals surface area contributed by atoms with Crippen molar-refractivity contribution in [2.75, 3.05) is 0 Å². The van der Waals surface area contributed by atoms with E-state index in [0.29, 0.717) is 5.92 Å². The number of hydrogen-bond donors (Lipinski definition) is 0. The topological polar surface area (TPSA) is 30.0 Å². The van der Waals surface area contributed by atoms with Gasteiger partial charge in [-0.1, -0.05) is 0 Å². The van der Waals surface area contributed by atoms with Gasteiger partial charge < -0.3 is 0 Å². The Labute approximate surface area is 77.6 Å². The van der Waals surface area contributed by atoms with E-state index in [4.69, 9.17) is 0 Å². The fraction of sp³-hybridized carbons (Fsp3) is 0.500. The summed E-state index contributed by atoms with van der Waals surface area (Å²) in [6.07, 6.45) is -0.805. The molecule has 0 radical (unpaired) electrons. The Balaban J connectivity index is 2.16. The van der Waals surface area contributed by atoms with E-state index < -0.39 is 12.2 Å². The molecular weight excluding hydrogens is 196 g/mol. The van der Waals surface area contributed by atoms with Gasteiger partial charge in [-0.2, -0.15) is 0 Å². The number of ketones is 1. The number of alkyl halides is 2. The maximum absolute atomic E-state index is 12.0. The highest BCUT2D eigenvalue weighted by Crippen LogP contribution is 2.41. The second-order valence-corrected chi connectivity index (χ2v) is 3.90. The molecule has 0 aromatic carbocycles. The number of nitrogens with zero attached hydrogens (tertiary/aromatic N) is 1. The molecule has 0 bridgehead atoms. The van der Waals surface area contributed by atoms with Gasteiger partial charge in [-0.15, -0.1) is 11.3 Å². The lowest BCUT2D eigenvalue weighted by molar-refractivity contribution is 0.0674. The molecule has 5 heteroatoms. The number of rotatable bonds is 3. The van der Waals surface area contributed by atoms with Crippen molar-refractivity contribution in [2.24, 2.45) is 0 Å². The molecule has 70 valence electrons. The smallest absolute Gasteiger partial charge is 0.286 e. The lowest BCUT2D eigenvalue weighted by Crippen LogP contribution is -2.10. The number of carbonyl (C=O) groups is 1. The van der Waals surface area contributed by atoms with E-state index in [1.165, 1.54) is 16.7 Å². The van der Waals surface area contributed by atoms with Crippen LogP contribution in [0, 0.1) is 0 Å². The van der Waals surface area contributed by atoms with Crippen molar-refractivity contribution >= 4 is 17.1 Å². The summed E-state index contributed by atoms with van der Waals surface area (Å²) in [5, 5.41) is 2.24. The van der Waals surface area contributed by atoms with E-state index in [1.807, 2.05) is 0 Å². The van der Waals surface area contributed by atoms with Crippen LogP contribution >= 0.6 is 11.3 Å². The molecule has 0 unspecified atom stereocenters. The zero-order valence-electron chi connectivity index (χ0n) is 6.67. The van der Waals surface area contributed by atoms with Crippen LogP contribution in [-0.2, 0) is 0 Å². The average Bonchev–Trinajstić information content (AvgIpc) is 2.83. The minimum Gasteiger partial charge on any atom is -0.286 e. The number of aromatic nitrogens is 1. The third-order valence-electron chi connectivity index (χ3n) is 1.90. The molecule has 0 atom stereocenters. The minimum atomic E-state index is -2.94. The standard InChI is InChI=1S/C8H7F2NOS/c9-7(10)6(12)5-3-13-8(11-5)4-1-2-4/h3-4,7H,1-2H2. The van der Waals surface area contributed by atoms with E-state index in [-0.39, 0.29) is 5.69 Å². The van der Waals surface area contributed by atoms with Crippen LogP contribution in [0.3, 0.4) is 0 Å². The molecule has 1 aromatic rings. The first-order chi connectivity index (χ1) is 6.18. The van der Waals surface area contributed by atoms with Crippen molar-refractivity contribution in [1.29, 1.82) is 0 Å². The lowest BCUT2D eigenvalue weighted by atomic mass is 10.3. The van der Waals surface area contributed by atoms with Crippen LogP contribution < -0.4 is 0 Å². The quantitative estimate of drug-likeness (QED) is 0.706. The van der Waals surface area contributed by atoms with Gasteiger partial charge in [0.2, 0.25) is 5.78 Å². The second-order valence-electron chi connectivity index (χ2n) is 3.01. The molecule has 0 aliphatic heterocycles. The first-order valence-corrected chi connectivity index (χ1v) is 4.84. The molecular formula is C8H7F2NOS. The zero-order chi connectivity index (χ0) is 9.42. The molecule has 1 saturated carbocycles. The first kappa shape index (κ1) is 8.74. The molecule has 2 rings (SSSR count). The molecule has 1 aromatic heterocycles. The molecule has 13 heavy (non-hydrogen) atoms. The maximum atomic E-state index is 12.0. The Bertz CT molecular complexity index is 333. The van der Waals surface area contributed by atoms with Crippen LogP contribution in [0.25, 0.3) is 0 Å². The maximum Gasteiger partial charge on any atom is 0.302 e. The van der Waals surface area contributed by atoms with Crippen LogP contribution in [0.2, 0.25) is 0 Å². The zero-order valence-corrected chi connectivity index (χ0v) is 7.48. The number of halogens is 2. The third kappa shape index (κ3) is 1.75. The number of carbonyl (C=O) groups excluding carboxylic acids is 1. The van der Waals surface area contributed by atoms with Gasteiger partial charge in [0, 0.05) is 11.3 Å². The highest BCUT2D eigenvalue weighted by molar-refractivity contribution is 7.10. The van der Waals surface area contributed by atoms with Gasteiger partial charge in [0.15, 0.2) is 0 Å². The molecule has 1 aliphatic rings. The summed E-state index contributed by atoms with van der Waals surface area (Å²) in [5.74, 6) is -0.743. The Morgan fingerprint density at radius 3 is 2.85 bits per heavy atom. The number of hydrogen-bond acceptors (Lipinski definition) is 3. The van der Waals surface area contributed by atoms with Crippen LogP contribution in [0.5, 0.6) is 0 Å². The normalized spacial score (nSPS) is 16.5. The van der Waals surface area contributed by atoms with E-state index in [2.05, 4.69) is 4.98 Å². The SMILES string of the molecule is O=C(c1csc(C2CC2)n1)C(F)F. The number of Topliss-reactive ketones (excluding diaryl/α,β-unsaturated/α-hetero) is 1. The van der Waals surface area contributed by atoms with Gasteiger partial charge >= 0.3 is 6.43 Å². The summed E-state index contributed by atoms with van der Waals surface area (Å²) in [6, 6.07) is 0. The fourth-order valence-corrected chi connectivity index (χ4v) is 2.01. The van der Waals surface area contributed by atoms with Crippen molar-refractivity contribution < 1.29 is 13.6 Å². The summed E-state index contributed by atoms with van der Waals surface area (Å²) in [7, 11) is 0. The summed E-state index contributed by atoms with van der Waals surface area (Å²) in [6.45, 7) is 0. The predicted octanol–water partition coefficient (Wildman–Crippen LogP) is 2.47. The van der Waals surface area contributed by atoms with Crippen molar-refractivity contribution in [1.82, 2.24) is 4.98 Å². The van der Waals surface area contributed by atoms with Gasteiger partial charge in [0.1, 0.15) is 5.69 Å². The first-order valence-electron chi connectivity index (χ1n) is 3.96. The van der Waals surface area contributed by atoms with E-state index in [0.717, 1.165) is 17.8 Å². The Kier molecular flexibility index (Phi) is 2.11. The van der Waals surface area contributed by atoms with Gasteiger partial charge in [0.25, 0.3) is 0 Å². The fourth-order valence-electron chi connectivity index (χ4n) is 1.03. The molecule has 0 spiro atoms. The monoisotopic (exact) mass is 203 g/mol. The highest BCUT2D eigenvalue weighted by atomic mass is 32.1. The van der Waals surface area contributed by atoms with Crippen LogP contribution in [0.1, 0.15) is 34.3 Å². The molecule has 0 N–H and O–H groups in total. The van der Waals surface area contributed by atoms with Crippen molar-refractivity contribution in [3.05, 3.63) is 16.1 Å². The molecule has 1 heterocycles. The number of thiazole rings is 1. The van der Waals surface area contributed by atoms with E-state index in [1.54, 1.807) is 0 Å². The highest BCUT2D eigenvalue weighted by Gasteiger charge is 2.28. The van der Waals surface area contributed by atoms with Crippen molar-refractivity contribution in [2.45, 2.75) is 25.2 Å². The van der Waals surface area contributed by atoms with E-state index in [9.17, 15) is 13.6 Å². The predicted molar refractivity (Wildman–Crippen MR) is 44.4 cm³/mol. The minimum absolute atomic E-state index is 0.0816. The van der Waals surface area contributed by atoms with E-state index >= 15 is 0 Å². The van der Waals surface area contributed by atoms with Gasteiger partial charge in [-0.05, 0) is 12.8 Å². The molecule has 1 fully saturated rings. The lowest BCUT2D eigenvalue weighted by Gasteiger charge is -1.92. The van der Waals surface area contributed by atoms with Crippen LogP contribution in [-0.4, -0.2) is 17.2 Å². The molecule has 2 nitrogen and oxygen atoms in total. The van der Waals surface area contributed by atoms with Gasteiger partial charge in [0.05, 0.1) is 5.01 Å². The summed E-state index contributed by atoms with van der Waals surface area (Å²) in [4.78, 5) is 14.7. The third-order valence-corrected chi connectivity index (χ3v) is 2.91. The van der Waals surface area contributed by atoms with Crippen molar-refractivity contribution in [3.8, 4) is 0 Å². The molecule has 0 saturated heterocycles. The molecule has 0 amide bonds. The molecule has 1 aliphatic carbocycles. The Morgan fingerprint density at radius 1 is 1.62 bits per heavy atom. The van der Waals surface area contributed by atoms with Gasteiger partial charge in [-0.3, -0.25) is 4.79 Å². The summed E-state index contributed by atoms with van der Waals surface area (Å²) in [5.41, 5.74) is -0.0816. The summed E-state index contributed by atoms with van der Waals surface area (Å²) < 4.78 is 23.9. The van der Waals surface area contributed by atoms with Crippen LogP contribution in [0.4, 0.5) is 8.78 Å². The largest absolute Gasteiger partial charge is 0.302 e. The average molecular weight is 203 g/mol. The Hall–Kier alpha value is -0.840. The van der Waals surface area contributed by atoms with Gasteiger partial charge in [-0.25, -0.2) is 13.8 Å².